The normalized spacial score (nSPS) is 27.8. The Morgan fingerprint density at radius 1 is 0.844 bits per heavy atom. The molecule has 1 aliphatic rings. The lowest BCUT2D eigenvalue weighted by atomic mass is 9.95. The smallest absolute Gasteiger partial charge is 0.186 e. The van der Waals surface area contributed by atoms with Crippen LogP contribution >= 0.6 is 0 Å². The first-order valence-corrected chi connectivity index (χ1v) is 12.4. The lowest BCUT2D eigenvalue weighted by Gasteiger charge is -2.39. The van der Waals surface area contributed by atoms with Crippen LogP contribution in [0.25, 0.3) is 0 Å². The molecule has 0 aromatic heterocycles. The van der Waals surface area contributed by atoms with E-state index in [1.807, 2.05) is 0 Å². The number of hydrogen-bond acceptors (Lipinski definition) is 7. The molecule has 0 radical (unpaired) electrons. The van der Waals surface area contributed by atoms with Crippen LogP contribution in [0.2, 0.25) is 0 Å². The summed E-state index contributed by atoms with van der Waals surface area (Å²) >= 11 is 0. The SMILES string of the molecule is CC(C)(C)/C=C/CCCCCCCCCC[C@@H](O)CCO[C@@H]1OC(CO)[C@@H](O)[C@H](O)C1O. The third-order valence-electron chi connectivity index (χ3n) is 5.86. The third-order valence-corrected chi connectivity index (χ3v) is 5.86. The molecule has 32 heavy (non-hydrogen) atoms. The van der Waals surface area contributed by atoms with Crippen molar-refractivity contribution < 1.29 is 35.0 Å². The molecule has 0 aromatic rings. The Hall–Kier alpha value is -0.540. The van der Waals surface area contributed by atoms with Gasteiger partial charge in [-0.3, -0.25) is 0 Å². The topological polar surface area (TPSA) is 120 Å². The highest BCUT2D eigenvalue weighted by molar-refractivity contribution is 4.91. The molecule has 190 valence electrons. The van der Waals surface area contributed by atoms with E-state index in [2.05, 4.69) is 32.9 Å². The lowest BCUT2D eigenvalue weighted by molar-refractivity contribution is -0.301. The Morgan fingerprint density at radius 2 is 1.44 bits per heavy atom. The summed E-state index contributed by atoms with van der Waals surface area (Å²) in [5.74, 6) is 0. The summed E-state index contributed by atoms with van der Waals surface area (Å²) in [6.07, 6.45) is 9.70. The van der Waals surface area contributed by atoms with E-state index in [4.69, 9.17) is 9.47 Å². The van der Waals surface area contributed by atoms with Crippen molar-refractivity contribution in [1.82, 2.24) is 0 Å². The van der Waals surface area contributed by atoms with E-state index in [1.165, 1.54) is 44.9 Å². The van der Waals surface area contributed by atoms with Gasteiger partial charge in [0.2, 0.25) is 0 Å². The van der Waals surface area contributed by atoms with Gasteiger partial charge >= 0.3 is 0 Å². The molecule has 1 saturated heterocycles. The quantitative estimate of drug-likeness (QED) is 0.177. The first-order valence-electron chi connectivity index (χ1n) is 12.4. The number of hydrogen-bond donors (Lipinski definition) is 5. The fourth-order valence-corrected chi connectivity index (χ4v) is 3.81. The molecule has 1 aliphatic heterocycles. The minimum absolute atomic E-state index is 0.162. The summed E-state index contributed by atoms with van der Waals surface area (Å²) in [4.78, 5) is 0. The Morgan fingerprint density at radius 3 is 2.03 bits per heavy atom. The predicted octanol–water partition coefficient (Wildman–Crippen LogP) is 3.06. The second-order valence-corrected chi connectivity index (χ2v) is 10.2. The van der Waals surface area contributed by atoms with Crippen LogP contribution < -0.4 is 0 Å². The van der Waals surface area contributed by atoms with Crippen molar-refractivity contribution in [2.75, 3.05) is 13.2 Å². The van der Waals surface area contributed by atoms with Crippen molar-refractivity contribution in [1.29, 1.82) is 0 Å². The van der Waals surface area contributed by atoms with Gasteiger partial charge in [-0.2, -0.15) is 0 Å². The number of aliphatic hydroxyl groups excluding tert-OH is 5. The summed E-state index contributed by atoms with van der Waals surface area (Å²) in [5.41, 5.74) is 0.283. The van der Waals surface area contributed by atoms with E-state index < -0.39 is 43.4 Å². The first-order chi connectivity index (χ1) is 15.2. The highest BCUT2D eigenvalue weighted by Gasteiger charge is 2.43. The molecule has 0 amide bonds. The molecule has 6 atom stereocenters. The van der Waals surface area contributed by atoms with Crippen LogP contribution in [-0.2, 0) is 9.47 Å². The molecule has 7 nitrogen and oxygen atoms in total. The Bertz CT molecular complexity index is 489. The molecule has 0 aliphatic carbocycles. The molecule has 5 N–H and O–H groups in total. The summed E-state index contributed by atoms with van der Waals surface area (Å²) in [7, 11) is 0. The van der Waals surface area contributed by atoms with Gasteiger partial charge in [0.05, 0.1) is 19.3 Å². The Kier molecular flexibility index (Phi) is 14.9. The van der Waals surface area contributed by atoms with Crippen LogP contribution in [0.15, 0.2) is 12.2 Å². The van der Waals surface area contributed by atoms with E-state index in [-0.39, 0.29) is 12.0 Å². The maximum absolute atomic E-state index is 10.1. The number of allylic oxidation sites excluding steroid dienone is 2. The maximum atomic E-state index is 10.1. The standard InChI is InChI=1S/C25H48O7/c1-25(2,3)16-13-11-9-7-5-4-6-8-10-12-14-19(27)15-17-31-24-23(30)22(29)21(28)20(18-26)32-24/h13,16,19-24,26-30H,4-12,14-15,17-18H2,1-3H3/b16-13+/t19-,20?,21-,22+,23?,24-/m1/s1. The van der Waals surface area contributed by atoms with Crippen LogP contribution in [0, 0.1) is 5.41 Å². The van der Waals surface area contributed by atoms with E-state index in [1.54, 1.807) is 0 Å². The zero-order valence-electron chi connectivity index (χ0n) is 20.4. The number of unbranched alkanes of at least 4 members (excludes halogenated alkanes) is 8. The molecule has 0 saturated carbocycles. The van der Waals surface area contributed by atoms with Gasteiger partial charge in [-0.1, -0.05) is 77.9 Å². The number of rotatable bonds is 16. The molecular formula is C25H48O7. The van der Waals surface area contributed by atoms with Gasteiger partial charge in [-0.05, 0) is 31.1 Å². The highest BCUT2D eigenvalue weighted by Crippen LogP contribution is 2.22. The molecule has 2 unspecified atom stereocenters. The van der Waals surface area contributed by atoms with Crippen molar-refractivity contribution in [3.05, 3.63) is 12.2 Å². The number of aliphatic hydroxyl groups is 5. The van der Waals surface area contributed by atoms with Crippen molar-refractivity contribution >= 4 is 0 Å². The molecule has 0 bridgehead atoms. The molecular weight excluding hydrogens is 412 g/mol. The minimum atomic E-state index is -1.44. The average Bonchev–Trinajstić information content (AvgIpc) is 2.73. The summed E-state index contributed by atoms with van der Waals surface area (Å²) in [5, 5.41) is 48.7. The molecule has 0 aromatic carbocycles. The van der Waals surface area contributed by atoms with Crippen molar-refractivity contribution in [3.63, 3.8) is 0 Å². The van der Waals surface area contributed by atoms with E-state index in [9.17, 15) is 25.5 Å². The average molecular weight is 461 g/mol. The molecule has 7 heteroatoms. The van der Waals surface area contributed by atoms with Gasteiger partial charge in [0.15, 0.2) is 6.29 Å². The van der Waals surface area contributed by atoms with Crippen LogP contribution in [0.1, 0.15) is 91.4 Å². The maximum Gasteiger partial charge on any atom is 0.186 e. The van der Waals surface area contributed by atoms with Crippen LogP contribution in [0.3, 0.4) is 0 Å². The molecule has 1 heterocycles. The van der Waals surface area contributed by atoms with Crippen LogP contribution in [-0.4, -0.2) is 75.6 Å². The van der Waals surface area contributed by atoms with Crippen molar-refractivity contribution in [2.24, 2.45) is 5.41 Å². The zero-order chi connectivity index (χ0) is 24.0. The minimum Gasteiger partial charge on any atom is -0.394 e. The highest BCUT2D eigenvalue weighted by atomic mass is 16.7. The molecule has 1 rings (SSSR count). The summed E-state index contributed by atoms with van der Waals surface area (Å²) in [6, 6.07) is 0. The zero-order valence-corrected chi connectivity index (χ0v) is 20.4. The number of ether oxygens (including phenoxy) is 2. The van der Waals surface area contributed by atoms with E-state index in [0.29, 0.717) is 12.8 Å². The van der Waals surface area contributed by atoms with Crippen LogP contribution in [0.4, 0.5) is 0 Å². The van der Waals surface area contributed by atoms with Gasteiger partial charge in [0.1, 0.15) is 24.4 Å². The predicted molar refractivity (Wildman–Crippen MR) is 125 cm³/mol. The largest absolute Gasteiger partial charge is 0.394 e. The Labute approximate surface area is 194 Å². The van der Waals surface area contributed by atoms with Gasteiger partial charge in [-0.25, -0.2) is 0 Å². The van der Waals surface area contributed by atoms with Gasteiger partial charge < -0.3 is 35.0 Å². The summed E-state index contributed by atoms with van der Waals surface area (Å²) < 4.78 is 10.7. The second-order valence-electron chi connectivity index (χ2n) is 10.2. The molecule has 0 spiro atoms. The van der Waals surface area contributed by atoms with E-state index in [0.717, 1.165) is 12.8 Å². The fraction of sp³-hybridized carbons (Fsp3) is 0.920. The second kappa shape index (κ2) is 16.1. The van der Waals surface area contributed by atoms with Gasteiger partial charge in [-0.15, -0.1) is 0 Å². The lowest BCUT2D eigenvalue weighted by Crippen LogP contribution is -2.59. The third kappa shape index (κ3) is 12.6. The van der Waals surface area contributed by atoms with Crippen molar-refractivity contribution in [3.8, 4) is 0 Å². The Balaban J connectivity index is 1.98. The van der Waals surface area contributed by atoms with Gasteiger partial charge in [0, 0.05) is 0 Å². The van der Waals surface area contributed by atoms with Crippen molar-refractivity contribution in [2.45, 2.75) is 128 Å². The van der Waals surface area contributed by atoms with Gasteiger partial charge in [0.25, 0.3) is 0 Å². The first kappa shape index (κ1) is 29.5. The van der Waals surface area contributed by atoms with E-state index >= 15 is 0 Å². The van der Waals surface area contributed by atoms with Crippen LogP contribution in [0.5, 0.6) is 0 Å². The monoisotopic (exact) mass is 460 g/mol. The molecule has 1 fully saturated rings. The fourth-order valence-electron chi connectivity index (χ4n) is 3.81. The summed E-state index contributed by atoms with van der Waals surface area (Å²) in [6.45, 7) is 6.35.